The highest BCUT2D eigenvalue weighted by Gasteiger charge is 2.18. The van der Waals surface area contributed by atoms with Crippen LogP contribution in [0, 0.1) is 13.8 Å². The Bertz CT molecular complexity index is 665. The van der Waals surface area contributed by atoms with Crippen LogP contribution in [-0.2, 0) is 0 Å². The number of ether oxygens (including phenoxy) is 2. The van der Waals surface area contributed by atoms with Crippen molar-refractivity contribution < 1.29 is 14.3 Å². The lowest BCUT2D eigenvalue weighted by Crippen LogP contribution is -2.15. The van der Waals surface area contributed by atoms with E-state index in [1.807, 2.05) is 0 Å². The molecule has 0 aliphatic carbocycles. The van der Waals surface area contributed by atoms with Crippen molar-refractivity contribution >= 4 is 17.5 Å². The monoisotopic (exact) mass is 294 g/mol. The molecule has 6 heteroatoms. The van der Waals surface area contributed by atoms with Gasteiger partial charge in [-0.05, 0) is 32.0 Å². The van der Waals surface area contributed by atoms with E-state index in [4.69, 9.17) is 21.1 Å². The molecule has 1 aromatic carbocycles. The fourth-order valence-electron chi connectivity index (χ4n) is 1.91. The van der Waals surface area contributed by atoms with Gasteiger partial charge in [0.25, 0.3) is 5.91 Å². The summed E-state index contributed by atoms with van der Waals surface area (Å²) < 4.78 is 11.6. The van der Waals surface area contributed by atoms with Gasteiger partial charge in [-0.1, -0.05) is 11.6 Å². The highest BCUT2D eigenvalue weighted by atomic mass is 35.5. The molecule has 0 fully saturated rings. The first-order valence-electron chi connectivity index (χ1n) is 5.98. The normalized spacial score (nSPS) is 10.4. The second-order valence-electron chi connectivity index (χ2n) is 4.27. The van der Waals surface area contributed by atoms with E-state index in [1.54, 1.807) is 39.2 Å². The lowest BCUT2D eigenvalue weighted by Gasteiger charge is -2.09. The molecular formula is C14H15ClN2O3. The minimum atomic E-state index is -0.265. The number of nitrogens with zero attached hydrogens (tertiary/aromatic N) is 2. The number of carbonyl (C=O) groups excluding carboxylic acids is 1. The molecule has 0 saturated carbocycles. The minimum Gasteiger partial charge on any atom is -0.493 e. The van der Waals surface area contributed by atoms with Gasteiger partial charge in [0.1, 0.15) is 0 Å². The zero-order chi connectivity index (χ0) is 14.9. The average molecular weight is 295 g/mol. The van der Waals surface area contributed by atoms with Crippen LogP contribution >= 0.6 is 11.6 Å². The molecule has 0 bridgehead atoms. The number of hydrogen-bond donors (Lipinski definition) is 0. The Morgan fingerprint density at radius 1 is 1.20 bits per heavy atom. The molecule has 1 heterocycles. The summed E-state index contributed by atoms with van der Waals surface area (Å²) in [5.41, 5.74) is 1.69. The number of carbonyl (C=O) groups is 1. The van der Waals surface area contributed by atoms with Gasteiger partial charge in [-0.2, -0.15) is 9.78 Å². The number of halogens is 1. The smallest absolute Gasteiger partial charge is 0.278 e. The first-order chi connectivity index (χ1) is 9.49. The lowest BCUT2D eigenvalue weighted by molar-refractivity contribution is 0.0942. The van der Waals surface area contributed by atoms with Crippen LogP contribution in [0.25, 0.3) is 0 Å². The molecule has 1 aromatic heterocycles. The Kier molecular flexibility index (Phi) is 3.99. The van der Waals surface area contributed by atoms with E-state index in [2.05, 4.69) is 5.10 Å². The number of aryl methyl sites for hydroxylation is 1. The fraction of sp³-hybridized carbons (Fsp3) is 0.286. The van der Waals surface area contributed by atoms with E-state index in [-0.39, 0.29) is 5.91 Å². The quantitative estimate of drug-likeness (QED) is 0.873. The van der Waals surface area contributed by atoms with Crippen LogP contribution < -0.4 is 9.47 Å². The Hall–Kier alpha value is -2.01. The number of benzene rings is 1. The Labute approximate surface area is 122 Å². The van der Waals surface area contributed by atoms with Gasteiger partial charge in [0.05, 0.1) is 30.6 Å². The van der Waals surface area contributed by atoms with E-state index in [0.29, 0.717) is 33.5 Å². The predicted molar refractivity (Wildman–Crippen MR) is 76.0 cm³/mol. The number of hydrogen-bond acceptors (Lipinski definition) is 4. The maximum absolute atomic E-state index is 12.4. The van der Waals surface area contributed by atoms with Crippen molar-refractivity contribution in [2.75, 3.05) is 14.2 Å². The molecule has 0 spiro atoms. The van der Waals surface area contributed by atoms with Crippen LogP contribution in [0.3, 0.4) is 0 Å². The first-order valence-corrected chi connectivity index (χ1v) is 6.35. The van der Waals surface area contributed by atoms with Crippen LogP contribution in [-0.4, -0.2) is 29.9 Å². The first kappa shape index (κ1) is 14.4. The van der Waals surface area contributed by atoms with Gasteiger partial charge in [-0.15, -0.1) is 0 Å². The summed E-state index contributed by atoms with van der Waals surface area (Å²) >= 11 is 6.06. The molecule has 0 saturated heterocycles. The molecule has 0 N–H and O–H groups in total. The number of aromatic nitrogens is 2. The molecule has 106 valence electrons. The van der Waals surface area contributed by atoms with Gasteiger partial charge >= 0.3 is 0 Å². The van der Waals surface area contributed by atoms with Crippen LogP contribution in [0.4, 0.5) is 0 Å². The van der Waals surface area contributed by atoms with Crippen molar-refractivity contribution in [3.63, 3.8) is 0 Å². The molecule has 2 rings (SSSR count). The summed E-state index contributed by atoms with van der Waals surface area (Å²) in [5, 5.41) is 4.65. The standard InChI is InChI=1S/C14H15ClN2O3/c1-8-13(15)9(2)17(16-8)14(18)10-5-6-11(19-3)12(7-10)20-4/h5-7H,1-4H3. The van der Waals surface area contributed by atoms with Gasteiger partial charge in [0.2, 0.25) is 0 Å². The molecule has 20 heavy (non-hydrogen) atoms. The van der Waals surface area contributed by atoms with Crippen molar-refractivity contribution in [3.05, 3.63) is 40.2 Å². The second-order valence-corrected chi connectivity index (χ2v) is 4.65. The maximum atomic E-state index is 12.4. The zero-order valence-corrected chi connectivity index (χ0v) is 12.5. The third-order valence-electron chi connectivity index (χ3n) is 3.03. The van der Waals surface area contributed by atoms with E-state index < -0.39 is 0 Å². The summed E-state index contributed by atoms with van der Waals surface area (Å²) in [5.74, 6) is 0.792. The molecule has 2 aromatic rings. The summed E-state index contributed by atoms with van der Waals surface area (Å²) in [4.78, 5) is 12.4. The highest BCUT2D eigenvalue weighted by Crippen LogP contribution is 2.28. The summed E-state index contributed by atoms with van der Waals surface area (Å²) in [6.07, 6.45) is 0. The third kappa shape index (κ3) is 2.36. The minimum absolute atomic E-state index is 0.265. The topological polar surface area (TPSA) is 53.4 Å². The highest BCUT2D eigenvalue weighted by molar-refractivity contribution is 6.32. The molecular weight excluding hydrogens is 280 g/mol. The molecule has 0 amide bonds. The molecule has 0 atom stereocenters. The van der Waals surface area contributed by atoms with Crippen LogP contribution in [0.15, 0.2) is 18.2 Å². The summed E-state index contributed by atoms with van der Waals surface area (Å²) in [6.45, 7) is 3.51. The summed E-state index contributed by atoms with van der Waals surface area (Å²) in [6, 6.07) is 4.96. The van der Waals surface area contributed by atoms with E-state index >= 15 is 0 Å². The average Bonchev–Trinajstić information content (AvgIpc) is 2.73. The Morgan fingerprint density at radius 3 is 2.35 bits per heavy atom. The van der Waals surface area contributed by atoms with E-state index in [0.717, 1.165) is 0 Å². The van der Waals surface area contributed by atoms with Gasteiger partial charge in [-0.3, -0.25) is 4.79 Å². The molecule has 0 aliphatic rings. The van der Waals surface area contributed by atoms with E-state index in [1.165, 1.54) is 11.8 Å². The Balaban J connectivity index is 2.45. The van der Waals surface area contributed by atoms with Crippen molar-refractivity contribution in [2.45, 2.75) is 13.8 Å². The van der Waals surface area contributed by atoms with Crippen molar-refractivity contribution in [1.29, 1.82) is 0 Å². The Morgan fingerprint density at radius 2 is 1.85 bits per heavy atom. The van der Waals surface area contributed by atoms with Gasteiger partial charge in [-0.25, -0.2) is 0 Å². The largest absolute Gasteiger partial charge is 0.493 e. The van der Waals surface area contributed by atoms with Crippen molar-refractivity contribution in [1.82, 2.24) is 9.78 Å². The molecule has 0 radical (unpaired) electrons. The van der Waals surface area contributed by atoms with Crippen molar-refractivity contribution in [2.24, 2.45) is 0 Å². The van der Waals surface area contributed by atoms with Crippen LogP contribution in [0.5, 0.6) is 11.5 Å². The van der Waals surface area contributed by atoms with Crippen LogP contribution in [0.2, 0.25) is 5.02 Å². The SMILES string of the molecule is COc1ccc(C(=O)n2nc(C)c(Cl)c2C)cc1OC. The molecule has 0 aliphatic heterocycles. The van der Waals surface area contributed by atoms with Crippen molar-refractivity contribution in [3.8, 4) is 11.5 Å². The number of methoxy groups -OCH3 is 2. The number of rotatable bonds is 3. The summed E-state index contributed by atoms with van der Waals surface area (Å²) in [7, 11) is 3.06. The van der Waals surface area contributed by atoms with Gasteiger partial charge < -0.3 is 9.47 Å². The zero-order valence-electron chi connectivity index (χ0n) is 11.7. The van der Waals surface area contributed by atoms with Crippen LogP contribution in [0.1, 0.15) is 21.7 Å². The van der Waals surface area contributed by atoms with E-state index in [9.17, 15) is 4.79 Å². The van der Waals surface area contributed by atoms with Gasteiger partial charge in [0, 0.05) is 5.56 Å². The second kappa shape index (κ2) is 5.54. The predicted octanol–water partition coefficient (Wildman–Crippen LogP) is 2.86. The third-order valence-corrected chi connectivity index (χ3v) is 3.57. The molecule has 5 nitrogen and oxygen atoms in total. The fourth-order valence-corrected chi connectivity index (χ4v) is 2.03. The molecule has 0 unspecified atom stereocenters. The van der Waals surface area contributed by atoms with Gasteiger partial charge in [0.15, 0.2) is 11.5 Å². The lowest BCUT2D eigenvalue weighted by atomic mass is 10.2. The maximum Gasteiger partial charge on any atom is 0.278 e.